The number of carbonyl (C=O) groups excluding carboxylic acids is 1. The Morgan fingerprint density at radius 1 is 0.971 bits per heavy atom. The molecule has 7 nitrogen and oxygen atoms in total. The molecule has 0 saturated carbocycles. The molecular weight excluding hydrogens is 450 g/mol. The van der Waals surface area contributed by atoms with Crippen molar-refractivity contribution in [2.24, 2.45) is 0 Å². The molecule has 0 unspecified atom stereocenters. The zero-order chi connectivity index (χ0) is 24.2. The highest BCUT2D eigenvalue weighted by Gasteiger charge is 2.12. The minimum atomic E-state index is -0.251. The highest BCUT2D eigenvalue weighted by atomic mass is 32.2. The summed E-state index contributed by atoms with van der Waals surface area (Å²) in [5.74, 6) is 1.24. The lowest BCUT2D eigenvalue weighted by Gasteiger charge is -2.10. The first kappa shape index (κ1) is 23.4. The number of ether oxygens (including phenoxy) is 2. The van der Waals surface area contributed by atoms with Gasteiger partial charge in [0.15, 0.2) is 11.5 Å². The van der Waals surface area contributed by atoms with Crippen molar-refractivity contribution in [3.8, 4) is 11.5 Å². The van der Waals surface area contributed by atoms with Crippen LogP contribution in [0, 0.1) is 13.8 Å². The van der Waals surface area contributed by atoms with E-state index >= 15 is 0 Å². The molecule has 34 heavy (non-hydrogen) atoms. The van der Waals surface area contributed by atoms with Crippen LogP contribution in [-0.4, -0.2) is 30.1 Å². The Balaban J connectivity index is 1.42. The number of hydrogen-bond donors (Lipinski definition) is 2. The Bertz CT molecular complexity index is 1410. The number of carbonyl (C=O) groups is 1. The highest BCUT2D eigenvalue weighted by molar-refractivity contribution is 7.98. The summed E-state index contributed by atoms with van der Waals surface area (Å²) in [5, 5.41) is 2.88. The van der Waals surface area contributed by atoms with Crippen LogP contribution in [0.5, 0.6) is 11.5 Å². The summed E-state index contributed by atoms with van der Waals surface area (Å²) in [7, 11) is 3.07. The molecule has 0 atom stereocenters. The summed E-state index contributed by atoms with van der Waals surface area (Å²) in [6.45, 7) is 4.04. The van der Waals surface area contributed by atoms with E-state index in [0.29, 0.717) is 34.2 Å². The Hall–Kier alpha value is -3.78. The van der Waals surface area contributed by atoms with Gasteiger partial charge in [0.25, 0.3) is 11.5 Å². The third-order valence-corrected chi connectivity index (χ3v) is 6.53. The number of fused-ring (bicyclic) bond motifs is 1. The molecule has 8 heteroatoms. The summed E-state index contributed by atoms with van der Waals surface area (Å²) >= 11 is 1.51. The molecule has 4 rings (SSSR count). The zero-order valence-corrected chi connectivity index (χ0v) is 20.2. The molecule has 4 aromatic rings. The quantitative estimate of drug-likeness (QED) is 0.361. The number of anilines is 1. The summed E-state index contributed by atoms with van der Waals surface area (Å²) in [4.78, 5) is 33.5. The van der Waals surface area contributed by atoms with Crippen LogP contribution in [0.25, 0.3) is 11.0 Å². The van der Waals surface area contributed by atoms with Gasteiger partial charge in [-0.15, -0.1) is 11.8 Å². The van der Waals surface area contributed by atoms with Crippen LogP contribution < -0.4 is 20.3 Å². The van der Waals surface area contributed by atoms with E-state index in [1.165, 1.54) is 18.9 Å². The number of aromatic amines is 1. The van der Waals surface area contributed by atoms with Gasteiger partial charge in [0.2, 0.25) is 0 Å². The molecular formula is C26H25N3O4S. The fraction of sp³-hybridized carbons (Fsp3) is 0.192. The van der Waals surface area contributed by atoms with Gasteiger partial charge in [-0.3, -0.25) is 9.59 Å². The Morgan fingerprint density at radius 3 is 2.38 bits per heavy atom. The molecule has 0 fully saturated rings. The molecule has 0 bridgehead atoms. The lowest BCUT2D eigenvalue weighted by molar-refractivity contribution is 0.102. The van der Waals surface area contributed by atoms with Crippen molar-refractivity contribution in [3.05, 3.63) is 87.3 Å². The number of methoxy groups -OCH3 is 2. The normalized spacial score (nSPS) is 10.8. The largest absolute Gasteiger partial charge is 0.493 e. The molecule has 3 aromatic carbocycles. The van der Waals surface area contributed by atoms with Gasteiger partial charge in [-0.05, 0) is 79.6 Å². The van der Waals surface area contributed by atoms with Gasteiger partial charge in [0.05, 0.1) is 25.3 Å². The van der Waals surface area contributed by atoms with Crippen molar-refractivity contribution in [1.29, 1.82) is 0 Å². The maximum absolute atomic E-state index is 12.6. The van der Waals surface area contributed by atoms with Crippen molar-refractivity contribution in [1.82, 2.24) is 9.97 Å². The average Bonchev–Trinajstić information content (AvgIpc) is 2.84. The first-order valence-electron chi connectivity index (χ1n) is 10.6. The molecule has 2 N–H and O–H groups in total. The predicted molar refractivity (Wildman–Crippen MR) is 135 cm³/mol. The highest BCUT2D eigenvalue weighted by Crippen LogP contribution is 2.28. The summed E-state index contributed by atoms with van der Waals surface area (Å²) < 4.78 is 10.5. The summed E-state index contributed by atoms with van der Waals surface area (Å²) in [5.41, 5.74) is 5.21. The zero-order valence-electron chi connectivity index (χ0n) is 19.4. The molecule has 174 valence electrons. The number of H-pyrrole nitrogens is 1. The maximum atomic E-state index is 12.6. The van der Waals surface area contributed by atoms with E-state index in [1.54, 1.807) is 25.3 Å². The van der Waals surface area contributed by atoms with Gasteiger partial charge in [-0.2, -0.15) is 0 Å². The number of amides is 1. The Kier molecular flexibility index (Phi) is 6.88. The first-order chi connectivity index (χ1) is 16.4. The maximum Gasteiger partial charge on any atom is 0.271 e. The number of nitrogens with one attached hydrogen (secondary N) is 2. The van der Waals surface area contributed by atoms with E-state index in [0.717, 1.165) is 27.1 Å². The standard InChI is InChI=1S/C26H25N3O4S/c1-15-11-20-21(12-16(15)2)29-26(31)22(28-20)14-34-19-8-6-18(7-9-19)27-25(30)17-5-10-23(32-3)24(13-17)33-4/h5-13H,14H2,1-4H3,(H,27,30)(H,29,31). The van der Waals surface area contributed by atoms with Crippen molar-refractivity contribution in [2.45, 2.75) is 24.5 Å². The van der Waals surface area contributed by atoms with Gasteiger partial charge < -0.3 is 19.8 Å². The molecule has 0 aliphatic heterocycles. The molecule has 1 amide bonds. The molecule has 0 aliphatic carbocycles. The third kappa shape index (κ3) is 5.07. The molecule has 1 aromatic heterocycles. The van der Waals surface area contributed by atoms with E-state index in [-0.39, 0.29) is 11.5 Å². The fourth-order valence-corrected chi connectivity index (χ4v) is 4.28. The minimum Gasteiger partial charge on any atom is -0.493 e. The van der Waals surface area contributed by atoms with E-state index in [9.17, 15) is 9.59 Å². The third-order valence-electron chi connectivity index (χ3n) is 5.51. The summed E-state index contributed by atoms with van der Waals surface area (Å²) in [6, 6.07) is 16.4. The number of hydrogen-bond acceptors (Lipinski definition) is 6. The van der Waals surface area contributed by atoms with Crippen LogP contribution in [0.3, 0.4) is 0 Å². The fourth-order valence-electron chi connectivity index (χ4n) is 3.45. The topological polar surface area (TPSA) is 93.3 Å². The molecule has 0 spiro atoms. The predicted octanol–water partition coefficient (Wildman–Crippen LogP) is 5.10. The lowest BCUT2D eigenvalue weighted by Crippen LogP contribution is -2.14. The van der Waals surface area contributed by atoms with Crippen molar-refractivity contribution in [3.63, 3.8) is 0 Å². The minimum absolute atomic E-state index is 0.179. The van der Waals surface area contributed by atoms with E-state index < -0.39 is 0 Å². The van der Waals surface area contributed by atoms with Gasteiger partial charge in [-0.25, -0.2) is 4.98 Å². The number of aromatic nitrogens is 2. The van der Waals surface area contributed by atoms with Crippen LogP contribution in [0.2, 0.25) is 0 Å². The van der Waals surface area contributed by atoms with Crippen LogP contribution in [0.15, 0.2) is 64.3 Å². The second-order valence-corrected chi connectivity index (χ2v) is 8.85. The molecule has 1 heterocycles. The van der Waals surface area contributed by atoms with E-state index in [2.05, 4.69) is 15.3 Å². The smallest absolute Gasteiger partial charge is 0.271 e. The molecule has 0 aliphatic rings. The van der Waals surface area contributed by atoms with E-state index in [4.69, 9.17) is 9.47 Å². The van der Waals surface area contributed by atoms with Gasteiger partial charge >= 0.3 is 0 Å². The second kappa shape index (κ2) is 10.0. The Labute approximate surface area is 201 Å². The average molecular weight is 476 g/mol. The van der Waals surface area contributed by atoms with Crippen molar-refractivity contribution >= 4 is 34.4 Å². The van der Waals surface area contributed by atoms with Gasteiger partial charge in [0, 0.05) is 21.9 Å². The van der Waals surface area contributed by atoms with E-state index in [1.807, 2.05) is 50.2 Å². The van der Waals surface area contributed by atoms with Gasteiger partial charge in [0.1, 0.15) is 5.69 Å². The van der Waals surface area contributed by atoms with Crippen LogP contribution >= 0.6 is 11.8 Å². The number of thioether (sulfide) groups is 1. The number of rotatable bonds is 7. The van der Waals surface area contributed by atoms with Gasteiger partial charge in [-0.1, -0.05) is 0 Å². The SMILES string of the molecule is COc1ccc(C(=O)Nc2ccc(SCc3nc4cc(C)c(C)cc4[nH]c3=O)cc2)cc1OC. The van der Waals surface area contributed by atoms with Crippen LogP contribution in [0.4, 0.5) is 5.69 Å². The number of aryl methyl sites for hydroxylation is 2. The molecule has 0 radical (unpaired) electrons. The lowest BCUT2D eigenvalue weighted by atomic mass is 10.1. The second-order valence-electron chi connectivity index (χ2n) is 7.80. The number of benzene rings is 3. The van der Waals surface area contributed by atoms with Crippen LogP contribution in [-0.2, 0) is 5.75 Å². The molecule has 0 saturated heterocycles. The Morgan fingerprint density at radius 2 is 1.68 bits per heavy atom. The number of nitrogens with zero attached hydrogens (tertiary/aromatic N) is 1. The monoisotopic (exact) mass is 475 g/mol. The first-order valence-corrected chi connectivity index (χ1v) is 11.6. The van der Waals surface area contributed by atoms with Crippen molar-refractivity contribution in [2.75, 3.05) is 19.5 Å². The van der Waals surface area contributed by atoms with Crippen LogP contribution in [0.1, 0.15) is 27.2 Å². The van der Waals surface area contributed by atoms with Crippen molar-refractivity contribution < 1.29 is 14.3 Å². The summed E-state index contributed by atoms with van der Waals surface area (Å²) in [6.07, 6.45) is 0.